The van der Waals surface area contributed by atoms with E-state index in [2.05, 4.69) is 4.74 Å². The van der Waals surface area contributed by atoms with Gasteiger partial charge in [0.25, 0.3) is 0 Å². The van der Waals surface area contributed by atoms with Crippen molar-refractivity contribution in [2.45, 2.75) is 50.7 Å². The predicted octanol–water partition coefficient (Wildman–Crippen LogP) is 0.306. The highest BCUT2D eigenvalue weighted by Gasteiger charge is 2.39. The molecule has 0 aliphatic rings. The largest absolute Gasteiger partial charge is 0.481 e. The molecule has 0 aromatic rings. The van der Waals surface area contributed by atoms with Gasteiger partial charge in [0.15, 0.2) is 5.60 Å². The Morgan fingerprint density at radius 1 is 1.18 bits per heavy atom. The van der Waals surface area contributed by atoms with Crippen molar-refractivity contribution in [3.05, 3.63) is 0 Å². The van der Waals surface area contributed by atoms with Gasteiger partial charge in [0.1, 0.15) is 0 Å². The summed E-state index contributed by atoms with van der Waals surface area (Å²) in [6.07, 6.45) is -0.0875. The average Bonchev–Trinajstić information content (AvgIpc) is 2.13. The number of carbonyl (C=O) groups is 2. The fourth-order valence-electron chi connectivity index (χ4n) is 1.52. The van der Waals surface area contributed by atoms with Crippen LogP contribution >= 0.6 is 0 Å². The van der Waals surface area contributed by atoms with Crippen molar-refractivity contribution < 1.29 is 29.6 Å². The van der Waals surface area contributed by atoms with Crippen molar-refractivity contribution in [3.63, 3.8) is 0 Å². The number of aliphatic hydroxyl groups is 2. The van der Waals surface area contributed by atoms with Crippen molar-refractivity contribution in [3.8, 4) is 0 Å². The molecule has 6 nitrogen and oxygen atoms in total. The molecule has 0 aromatic carbocycles. The van der Waals surface area contributed by atoms with E-state index in [9.17, 15) is 19.8 Å². The van der Waals surface area contributed by atoms with Crippen LogP contribution < -0.4 is 0 Å². The number of carboxylic acid groups (broad SMARTS) is 1. The van der Waals surface area contributed by atoms with E-state index in [1.165, 1.54) is 0 Å². The lowest BCUT2D eigenvalue weighted by atomic mass is 9.90. The summed E-state index contributed by atoms with van der Waals surface area (Å²) >= 11 is 0. The summed E-state index contributed by atoms with van der Waals surface area (Å²) in [7, 11) is 1.09. The molecule has 0 fully saturated rings. The van der Waals surface area contributed by atoms with Crippen molar-refractivity contribution in [1.82, 2.24) is 0 Å². The highest BCUT2D eigenvalue weighted by molar-refractivity contribution is 5.84. The summed E-state index contributed by atoms with van der Waals surface area (Å²) in [5, 5.41) is 28.0. The second-order valence-corrected chi connectivity index (χ2v) is 4.76. The molecule has 1 atom stereocenters. The predicted molar refractivity (Wildman–Crippen MR) is 59.4 cm³/mol. The third kappa shape index (κ3) is 6.23. The molecule has 0 radical (unpaired) electrons. The van der Waals surface area contributed by atoms with Gasteiger partial charge >= 0.3 is 11.9 Å². The molecule has 6 heteroatoms. The minimum Gasteiger partial charge on any atom is -0.481 e. The summed E-state index contributed by atoms with van der Waals surface area (Å²) < 4.78 is 4.38. The summed E-state index contributed by atoms with van der Waals surface area (Å²) in [5.74, 6) is -2.24. The third-order valence-corrected chi connectivity index (χ3v) is 2.39. The van der Waals surface area contributed by atoms with Crippen molar-refractivity contribution in [2.75, 3.05) is 7.11 Å². The van der Waals surface area contributed by atoms with Crippen molar-refractivity contribution in [1.29, 1.82) is 0 Å². The van der Waals surface area contributed by atoms with Crippen LogP contribution in [0.4, 0.5) is 0 Å². The van der Waals surface area contributed by atoms with Crippen LogP contribution in [0.5, 0.6) is 0 Å². The van der Waals surface area contributed by atoms with Gasteiger partial charge in [-0.05, 0) is 33.1 Å². The number of carbonyl (C=O) groups excluding carboxylic acids is 1. The molecule has 0 saturated heterocycles. The van der Waals surface area contributed by atoms with E-state index in [1.54, 1.807) is 13.8 Å². The van der Waals surface area contributed by atoms with Gasteiger partial charge in [-0.2, -0.15) is 0 Å². The van der Waals surface area contributed by atoms with Crippen molar-refractivity contribution >= 4 is 11.9 Å². The molecule has 0 amide bonds. The molecular weight excluding hydrogens is 228 g/mol. The fraction of sp³-hybridized carbons (Fsp3) is 0.818. The molecule has 0 heterocycles. The zero-order valence-corrected chi connectivity index (χ0v) is 10.4. The molecule has 17 heavy (non-hydrogen) atoms. The highest BCUT2D eigenvalue weighted by Crippen LogP contribution is 2.23. The number of ether oxygens (including phenoxy) is 1. The van der Waals surface area contributed by atoms with Gasteiger partial charge in [-0.3, -0.25) is 4.79 Å². The maximum Gasteiger partial charge on any atom is 0.338 e. The summed E-state index contributed by atoms with van der Waals surface area (Å²) in [4.78, 5) is 21.9. The molecule has 100 valence electrons. The molecule has 1 unspecified atom stereocenters. The Kier molecular flexibility index (Phi) is 5.57. The van der Waals surface area contributed by atoms with Crippen LogP contribution in [0.1, 0.15) is 39.5 Å². The molecular formula is C11H20O6. The standard InChI is InChI=1S/C11H20O6/c1-10(2,15)5-4-6-11(16,7-8(12)13)9(14)17-3/h15-16H,4-7H2,1-3H3,(H,12,13). The number of esters is 1. The topological polar surface area (TPSA) is 104 Å². The number of hydrogen-bond acceptors (Lipinski definition) is 5. The van der Waals surface area contributed by atoms with Gasteiger partial charge in [-0.15, -0.1) is 0 Å². The molecule has 0 bridgehead atoms. The first-order valence-electron chi connectivity index (χ1n) is 5.36. The highest BCUT2D eigenvalue weighted by atomic mass is 16.5. The van der Waals surface area contributed by atoms with Crippen LogP contribution in [0.25, 0.3) is 0 Å². The van der Waals surface area contributed by atoms with Crippen molar-refractivity contribution in [2.24, 2.45) is 0 Å². The molecule has 0 aliphatic carbocycles. The maximum absolute atomic E-state index is 11.3. The number of carboxylic acids is 1. The van der Waals surface area contributed by atoms with Gasteiger partial charge in [0, 0.05) is 0 Å². The summed E-state index contributed by atoms with van der Waals surface area (Å²) in [6, 6.07) is 0. The Bertz CT molecular complexity index is 280. The Morgan fingerprint density at radius 3 is 2.06 bits per heavy atom. The smallest absolute Gasteiger partial charge is 0.338 e. The Balaban J connectivity index is 4.50. The van der Waals surface area contributed by atoms with Gasteiger partial charge in [-0.1, -0.05) is 0 Å². The number of rotatable bonds is 7. The monoisotopic (exact) mass is 248 g/mol. The van der Waals surface area contributed by atoms with Crippen LogP contribution in [0.3, 0.4) is 0 Å². The molecule has 0 saturated carbocycles. The van der Waals surface area contributed by atoms with Crippen LogP contribution in [-0.2, 0) is 14.3 Å². The Labute approximate surface area is 100 Å². The first kappa shape index (κ1) is 15.9. The molecule has 0 rings (SSSR count). The number of hydrogen-bond donors (Lipinski definition) is 3. The Morgan fingerprint density at radius 2 is 1.71 bits per heavy atom. The van der Waals surface area contributed by atoms with Gasteiger partial charge < -0.3 is 20.1 Å². The van der Waals surface area contributed by atoms with E-state index in [1.807, 2.05) is 0 Å². The average molecular weight is 248 g/mol. The zero-order valence-electron chi connectivity index (χ0n) is 10.4. The van der Waals surface area contributed by atoms with Crippen LogP contribution in [0, 0.1) is 0 Å². The molecule has 0 aromatic heterocycles. The SMILES string of the molecule is COC(=O)C(O)(CCCC(C)(C)O)CC(=O)O. The van der Waals surface area contributed by atoms with E-state index in [0.717, 1.165) is 7.11 Å². The van der Waals surface area contributed by atoms with E-state index in [-0.39, 0.29) is 6.42 Å². The fourth-order valence-corrected chi connectivity index (χ4v) is 1.52. The second kappa shape index (κ2) is 5.97. The van der Waals surface area contributed by atoms with E-state index >= 15 is 0 Å². The summed E-state index contributed by atoms with van der Waals surface area (Å²) in [6.45, 7) is 3.20. The van der Waals surface area contributed by atoms with Gasteiger partial charge in [0.2, 0.25) is 0 Å². The lowest BCUT2D eigenvalue weighted by molar-refractivity contribution is -0.169. The lowest BCUT2D eigenvalue weighted by Gasteiger charge is -2.25. The quantitative estimate of drug-likeness (QED) is 0.560. The molecule has 3 N–H and O–H groups in total. The molecule has 0 aliphatic heterocycles. The van der Waals surface area contributed by atoms with Gasteiger partial charge in [0.05, 0.1) is 19.1 Å². The number of methoxy groups -OCH3 is 1. The zero-order chi connectivity index (χ0) is 13.7. The van der Waals surface area contributed by atoms with Crippen LogP contribution in [0.15, 0.2) is 0 Å². The number of aliphatic carboxylic acids is 1. The Hall–Kier alpha value is -1.14. The van der Waals surface area contributed by atoms with E-state index < -0.39 is 29.6 Å². The normalized spacial score (nSPS) is 15.1. The maximum atomic E-state index is 11.3. The van der Waals surface area contributed by atoms with Crippen LogP contribution in [-0.4, -0.2) is 45.6 Å². The van der Waals surface area contributed by atoms with E-state index in [0.29, 0.717) is 12.8 Å². The van der Waals surface area contributed by atoms with Gasteiger partial charge in [-0.25, -0.2) is 4.79 Å². The molecule has 0 spiro atoms. The van der Waals surface area contributed by atoms with E-state index in [4.69, 9.17) is 5.11 Å². The first-order chi connectivity index (χ1) is 7.60. The minimum atomic E-state index is -2.02. The van der Waals surface area contributed by atoms with Crippen LogP contribution in [0.2, 0.25) is 0 Å². The minimum absolute atomic E-state index is 0.0596. The summed E-state index contributed by atoms with van der Waals surface area (Å²) in [5.41, 5.74) is -2.94. The first-order valence-corrected chi connectivity index (χ1v) is 5.36. The third-order valence-electron chi connectivity index (χ3n) is 2.39. The second-order valence-electron chi connectivity index (χ2n) is 4.76. The lowest BCUT2D eigenvalue weighted by Crippen LogP contribution is -2.42.